The zero-order valence-corrected chi connectivity index (χ0v) is 12.0. The maximum absolute atomic E-state index is 12.7. The fourth-order valence-electron chi connectivity index (χ4n) is 2.59. The standard InChI is InChI=1S/C15H22N2O3/c1-3-17(14(19)15(16)7-8-20-10-15)11(2)12-5-4-6-13(18)9-12/h4-6,9,11,18H,3,7-8,10,16H2,1-2H3. The van der Waals surface area contributed by atoms with E-state index in [-0.39, 0.29) is 24.3 Å². The highest BCUT2D eigenvalue weighted by molar-refractivity contribution is 5.87. The van der Waals surface area contributed by atoms with Crippen molar-refractivity contribution in [1.82, 2.24) is 4.90 Å². The second kappa shape index (κ2) is 5.81. The normalized spacial score (nSPS) is 23.6. The second-order valence-corrected chi connectivity index (χ2v) is 5.32. The van der Waals surface area contributed by atoms with Crippen molar-refractivity contribution in [2.45, 2.75) is 31.8 Å². The average molecular weight is 278 g/mol. The number of carbonyl (C=O) groups is 1. The summed E-state index contributed by atoms with van der Waals surface area (Å²) in [5, 5.41) is 9.57. The number of likely N-dealkylation sites (N-methyl/N-ethyl adjacent to an activating group) is 1. The van der Waals surface area contributed by atoms with Gasteiger partial charge in [0, 0.05) is 13.2 Å². The Balaban J connectivity index is 2.21. The lowest BCUT2D eigenvalue weighted by Crippen LogP contribution is -2.56. The number of ether oxygens (including phenoxy) is 1. The van der Waals surface area contributed by atoms with Gasteiger partial charge in [-0.2, -0.15) is 0 Å². The molecule has 1 aliphatic rings. The van der Waals surface area contributed by atoms with Crippen LogP contribution < -0.4 is 5.73 Å². The number of carbonyl (C=O) groups excluding carboxylic acids is 1. The number of rotatable bonds is 4. The topological polar surface area (TPSA) is 75.8 Å². The highest BCUT2D eigenvalue weighted by Crippen LogP contribution is 2.27. The first-order valence-corrected chi connectivity index (χ1v) is 6.94. The van der Waals surface area contributed by atoms with Gasteiger partial charge >= 0.3 is 0 Å². The fourth-order valence-corrected chi connectivity index (χ4v) is 2.59. The van der Waals surface area contributed by atoms with Crippen LogP contribution in [0.25, 0.3) is 0 Å². The van der Waals surface area contributed by atoms with Crippen LogP contribution >= 0.6 is 0 Å². The lowest BCUT2D eigenvalue weighted by molar-refractivity contribution is -0.139. The van der Waals surface area contributed by atoms with Crippen LogP contribution in [0.5, 0.6) is 5.75 Å². The Hall–Kier alpha value is -1.59. The molecule has 2 atom stereocenters. The molecule has 1 aromatic rings. The summed E-state index contributed by atoms with van der Waals surface area (Å²) in [5.74, 6) is 0.109. The maximum Gasteiger partial charge on any atom is 0.245 e. The summed E-state index contributed by atoms with van der Waals surface area (Å²) >= 11 is 0. The maximum atomic E-state index is 12.7. The zero-order chi connectivity index (χ0) is 14.8. The Morgan fingerprint density at radius 2 is 2.35 bits per heavy atom. The van der Waals surface area contributed by atoms with Crippen LogP contribution in [0.4, 0.5) is 0 Å². The van der Waals surface area contributed by atoms with E-state index in [0.29, 0.717) is 19.6 Å². The number of hydrogen-bond donors (Lipinski definition) is 2. The number of phenols is 1. The van der Waals surface area contributed by atoms with Gasteiger partial charge in [0.2, 0.25) is 5.91 Å². The van der Waals surface area contributed by atoms with E-state index in [4.69, 9.17) is 10.5 Å². The van der Waals surface area contributed by atoms with Gasteiger partial charge in [-0.15, -0.1) is 0 Å². The Morgan fingerprint density at radius 3 is 2.90 bits per heavy atom. The molecule has 3 N–H and O–H groups in total. The monoisotopic (exact) mass is 278 g/mol. The molecule has 1 aliphatic heterocycles. The smallest absolute Gasteiger partial charge is 0.245 e. The molecule has 2 unspecified atom stereocenters. The third-order valence-corrected chi connectivity index (χ3v) is 3.90. The molecule has 1 heterocycles. The van der Waals surface area contributed by atoms with Crippen molar-refractivity contribution in [2.24, 2.45) is 5.73 Å². The highest BCUT2D eigenvalue weighted by atomic mass is 16.5. The molecule has 1 aromatic carbocycles. The summed E-state index contributed by atoms with van der Waals surface area (Å²) in [6.07, 6.45) is 0.551. The van der Waals surface area contributed by atoms with Gasteiger partial charge in [-0.1, -0.05) is 12.1 Å². The summed E-state index contributed by atoms with van der Waals surface area (Å²) < 4.78 is 5.27. The van der Waals surface area contributed by atoms with Gasteiger partial charge in [-0.25, -0.2) is 0 Å². The number of phenolic OH excluding ortho intramolecular Hbond substituents is 1. The predicted octanol–water partition coefficient (Wildman–Crippen LogP) is 1.42. The molecule has 1 amide bonds. The molecule has 2 rings (SSSR count). The molecule has 5 nitrogen and oxygen atoms in total. The Bertz CT molecular complexity index is 484. The molecule has 110 valence electrons. The van der Waals surface area contributed by atoms with Crippen molar-refractivity contribution in [3.05, 3.63) is 29.8 Å². The first kappa shape index (κ1) is 14.8. The molecule has 0 aliphatic carbocycles. The summed E-state index contributed by atoms with van der Waals surface area (Å²) in [6, 6.07) is 6.82. The average Bonchev–Trinajstić information content (AvgIpc) is 2.87. The fraction of sp³-hybridized carbons (Fsp3) is 0.533. The largest absolute Gasteiger partial charge is 0.508 e. The summed E-state index contributed by atoms with van der Waals surface area (Å²) in [5.41, 5.74) is 6.14. The number of aromatic hydroxyl groups is 1. The van der Waals surface area contributed by atoms with Crippen LogP contribution in [0, 0.1) is 0 Å². The number of hydrogen-bond acceptors (Lipinski definition) is 4. The molecule has 1 saturated heterocycles. The number of benzene rings is 1. The molecule has 20 heavy (non-hydrogen) atoms. The Labute approximate surface area is 119 Å². The molecule has 0 saturated carbocycles. The third-order valence-electron chi connectivity index (χ3n) is 3.90. The Kier molecular flexibility index (Phi) is 4.30. The van der Waals surface area contributed by atoms with Crippen molar-refractivity contribution in [2.75, 3.05) is 19.8 Å². The lowest BCUT2D eigenvalue weighted by Gasteiger charge is -2.34. The third kappa shape index (κ3) is 2.78. The van der Waals surface area contributed by atoms with Crippen LogP contribution in [0.2, 0.25) is 0 Å². The molecule has 0 bridgehead atoms. The quantitative estimate of drug-likeness (QED) is 0.873. The van der Waals surface area contributed by atoms with Crippen LogP contribution in [0.3, 0.4) is 0 Å². The minimum Gasteiger partial charge on any atom is -0.508 e. The van der Waals surface area contributed by atoms with Crippen LogP contribution in [-0.2, 0) is 9.53 Å². The van der Waals surface area contributed by atoms with Gasteiger partial charge in [0.05, 0.1) is 12.6 Å². The van der Waals surface area contributed by atoms with Gasteiger partial charge < -0.3 is 20.5 Å². The van der Waals surface area contributed by atoms with E-state index in [1.54, 1.807) is 23.1 Å². The number of nitrogens with zero attached hydrogens (tertiary/aromatic N) is 1. The van der Waals surface area contributed by atoms with Gasteiger partial charge in [-0.05, 0) is 38.0 Å². The minimum absolute atomic E-state index is 0.0895. The number of amides is 1. The van der Waals surface area contributed by atoms with E-state index in [9.17, 15) is 9.90 Å². The molecule has 5 heteroatoms. The van der Waals surface area contributed by atoms with Crippen LogP contribution in [0.1, 0.15) is 31.9 Å². The summed E-state index contributed by atoms with van der Waals surface area (Å²) in [6.45, 7) is 5.23. The molecule has 0 radical (unpaired) electrons. The first-order valence-electron chi connectivity index (χ1n) is 6.94. The molecular formula is C15H22N2O3. The Morgan fingerprint density at radius 1 is 1.60 bits per heavy atom. The van der Waals surface area contributed by atoms with E-state index >= 15 is 0 Å². The first-order chi connectivity index (χ1) is 9.48. The lowest BCUT2D eigenvalue weighted by atomic mass is 9.96. The van der Waals surface area contributed by atoms with Crippen molar-refractivity contribution >= 4 is 5.91 Å². The van der Waals surface area contributed by atoms with Gasteiger partial charge in [0.15, 0.2) is 0 Å². The van der Waals surface area contributed by atoms with E-state index in [0.717, 1.165) is 5.56 Å². The van der Waals surface area contributed by atoms with Crippen molar-refractivity contribution in [1.29, 1.82) is 0 Å². The van der Waals surface area contributed by atoms with Crippen molar-refractivity contribution < 1.29 is 14.6 Å². The van der Waals surface area contributed by atoms with Crippen molar-refractivity contribution in [3.8, 4) is 5.75 Å². The molecular weight excluding hydrogens is 256 g/mol. The molecule has 0 aromatic heterocycles. The highest BCUT2D eigenvalue weighted by Gasteiger charge is 2.42. The molecule has 0 spiro atoms. The SMILES string of the molecule is CCN(C(=O)C1(N)CCOC1)C(C)c1cccc(O)c1. The summed E-state index contributed by atoms with van der Waals surface area (Å²) in [7, 11) is 0. The second-order valence-electron chi connectivity index (χ2n) is 5.32. The van der Waals surface area contributed by atoms with Gasteiger partial charge in [0.25, 0.3) is 0 Å². The predicted molar refractivity (Wildman–Crippen MR) is 76.3 cm³/mol. The van der Waals surface area contributed by atoms with E-state index in [2.05, 4.69) is 0 Å². The van der Waals surface area contributed by atoms with E-state index < -0.39 is 5.54 Å². The summed E-state index contributed by atoms with van der Waals surface area (Å²) in [4.78, 5) is 14.4. The van der Waals surface area contributed by atoms with Crippen LogP contribution in [0.15, 0.2) is 24.3 Å². The van der Waals surface area contributed by atoms with E-state index in [1.165, 1.54) is 0 Å². The minimum atomic E-state index is -0.916. The van der Waals surface area contributed by atoms with Gasteiger partial charge in [-0.3, -0.25) is 4.79 Å². The van der Waals surface area contributed by atoms with Crippen molar-refractivity contribution in [3.63, 3.8) is 0 Å². The molecule has 1 fully saturated rings. The van der Waals surface area contributed by atoms with Crippen LogP contribution in [-0.4, -0.2) is 41.2 Å². The van der Waals surface area contributed by atoms with E-state index in [1.807, 2.05) is 19.9 Å². The number of nitrogens with two attached hydrogens (primary N) is 1. The van der Waals surface area contributed by atoms with Gasteiger partial charge in [0.1, 0.15) is 11.3 Å². The zero-order valence-electron chi connectivity index (χ0n) is 12.0.